The van der Waals surface area contributed by atoms with Crippen molar-refractivity contribution in [2.45, 2.75) is 13.5 Å². The highest BCUT2D eigenvalue weighted by atomic mass is 16.5. The lowest BCUT2D eigenvalue weighted by Crippen LogP contribution is -2.29. The second kappa shape index (κ2) is 7.31. The third-order valence-electron chi connectivity index (χ3n) is 3.33. The van der Waals surface area contributed by atoms with E-state index in [9.17, 15) is 0 Å². The number of likely N-dealkylation sites (N-methyl/N-ethyl adjacent to an activating group) is 1. The molecule has 2 aromatic rings. The van der Waals surface area contributed by atoms with E-state index in [1.54, 1.807) is 30.5 Å². The first-order valence-corrected chi connectivity index (χ1v) is 6.86. The van der Waals surface area contributed by atoms with Crippen LogP contribution in [-0.2, 0) is 6.54 Å². The smallest absolute Gasteiger partial charge is 0.488 e. The molecule has 0 atom stereocenters. The minimum absolute atomic E-state index is 0.454. The molecule has 2 rings (SSSR count). The van der Waals surface area contributed by atoms with Gasteiger partial charge >= 0.3 is 7.12 Å². The monoisotopic (exact) mass is 289 g/mol. The van der Waals surface area contributed by atoms with Gasteiger partial charge in [0.1, 0.15) is 18.1 Å². The summed E-state index contributed by atoms with van der Waals surface area (Å²) >= 11 is 0. The summed E-state index contributed by atoms with van der Waals surface area (Å²) in [5.74, 6) is 1.66. The van der Waals surface area contributed by atoms with Gasteiger partial charge in [0.15, 0.2) is 0 Å². The number of ether oxygens (including phenoxy) is 1. The van der Waals surface area contributed by atoms with Crippen molar-refractivity contribution in [2.75, 3.05) is 20.2 Å². The Hall–Kier alpha value is -1.76. The van der Waals surface area contributed by atoms with Crippen LogP contribution in [0.2, 0.25) is 0 Å². The lowest BCUT2D eigenvalue weighted by Gasteiger charge is -2.16. The van der Waals surface area contributed by atoms with E-state index < -0.39 is 7.12 Å². The number of furan rings is 1. The molecule has 0 fully saturated rings. The molecule has 0 unspecified atom stereocenters. The van der Waals surface area contributed by atoms with Crippen LogP contribution in [-0.4, -0.2) is 42.3 Å². The Labute approximate surface area is 124 Å². The molecule has 0 saturated heterocycles. The quantitative estimate of drug-likeness (QED) is 0.737. The molecule has 1 aromatic heterocycles. The zero-order valence-electron chi connectivity index (χ0n) is 12.3. The summed E-state index contributed by atoms with van der Waals surface area (Å²) in [6, 6.07) is 8.71. The van der Waals surface area contributed by atoms with Crippen molar-refractivity contribution in [3.8, 4) is 5.75 Å². The number of rotatable bonds is 7. The summed E-state index contributed by atoms with van der Waals surface area (Å²) in [5, 5.41) is 18.0. The normalized spacial score (nSPS) is 10.9. The molecule has 21 heavy (non-hydrogen) atoms. The molecule has 5 nitrogen and oxygen atoms in total. The van der Waals surface area contributed by atoms with Gasteiger partial charge in [0, 0.05) is 18.7 Å². The predicted molar refractivity (Wildman–Crippen MR) is 81.5 cm³/mol. The molecule has 6 heteroatoms. The Bertz CT molecular complexity index is 553. The largest absolute Gasteiger partial charge is 0.492 e. The zero-order chi connectivity index (χ0) is 15.2. The molecule has 112 valence electrons. The summed E-state index contributed by atoms with van der Waals surface area (Å²) < 4.78 is 10.9. The lowest BCUT2D eigenvalue weighted by molar-refractivity contribution is 0.232. The van der Waals surface area contributed by atoms with E-state index in [4.69, 9.17) is 19.2 Å². The number of hydrogen-bond acceptors (Lipinski definition) is 5. The van der Waals surface area contributed by atoms with Crippen LogP contribution in [0.5, 0.6) is 5.75 Å². The van der Waals surface area contributed by atoms with Gasteiger partial charge in [0.2, 0.25) is 0 Å². The van der Waals surface area contributed by atoms with Crippen molar-refractivity contribution in [1.29, 1.82) is 0 Å². The SMILES string of the molecule is Cc1occc1CN(C)CCOc1ccc(B(O)O)cc1. The molecule has 0 bridgehead atoms. The molecule has 0 saturated carbocycles. The van der Waals surface area contributed by atoms with E-state index in [1.165, 1.54) is 5.56 Å². The average Bonchev–Trinajstić information content (AvgIpc) is 2.85. The minimum Gasteiger partial charge on any atom is -0.492 e. The van der Waals surface area contributed by atoms with Gasteiger partial charge in [0.05, 0.1) is 6.26 Å². The topological polar surface area (TPSA) is 66.1 Å². The van der Waals surface area contributed by atoms with E-state index in [0.29, 0.717) is 17.8 Å². The molecule has 0 spiro atoms. The average molecular weight is 289 g/mol. The fourth-order valence-corrected chi connectivity index (χ4v) is 2.00. The Balaban J connectivity index is 1.75. The second-order valence-corrected chi connectivity index (χ2v) is 5.03. The molecule has 0 amide bonds. The maximum absolute atomic E-state index is 9.01. The van der Waals surface area contributed by atoms with Crippen LogP contribution < -0.4 is 10.2 Å². The standard InChI is InChI=1S/C15H20BNO4/c1-12-13(7-9-20-12)11-17(2)8-10-21-15-5-3-14(4-6-15)16(18)19/h3-7,9,18-19H,8,10-11H2,1-2H3. The summed E-state index contributed by atoms with van der Waals surface area (Å²) in [6.45, 7) is 4.13. The summed E-state index contributed by atoms with van der Waals surface area (Å²) in [6.07, 6.45) is 1.70. The van der Waals surface area contributed by atoms with Gasteiger partial charge in [-0.15, -0.1) is 0 Å². The Morgan fingerprint density at radius 2 is 1.90 bits per heavy atom. The van der Waals surface area contributed by atoms with E-state index in [0.717, 1.165) is 18.8 Å². The van der Waals surface area contributed by atoms with Crippen LogP contribution in [0.1, 0.15) is 11.3 Å². The molecule has 0 aliphatic heterocycles. The third-order valence-corrected chi connectivity index (χ3v) is 3.33. The molecule has 1 heterocycles. The molecular weight excluding hydrogens is 269 g/mol. The predicted octanol–water partition coefficient (Wildman–Crippen LogP) is 0.779. The van der Waals surface area contributed by atoms with Crippen LogP contribution in [0.4, 0.5) is 0 Å². The van der Waals surface area contributed by atoms with Crippen molar-refractivity contribution >= 4 is 12.6 Å². The Morgan fingerprint density at radius 1 is 1.19 bits per heavy atom. The second-order valence-electron chi connectivity index (χ2n) is 5.03. The van der Waals surface area contributed by atoms with Gasteiger partial charge in [-0.25, -0.2) is 0 Å². The van der Waals surface area contributed by atoms with Crippen molar-refractivity contribution in [3.63, 3.8) is 0 Å². The summed E-state index contributed by atoms with van der Waals surface area (Å²) in [4.78, 5) is 2.16. The van der Waals surface area contributed by atoms with Crippen LogP contribution in [0.25, 0.3) is 0 Å². The lowest BCUT2D eigenvalue weighted by atomic mass is 9.80. The Kier molecular flexibility index (Phi) is 5.44. The van der Waals surface area contributed by atoms with E-state index >= 15 is 0 Å². The first-order valence-electron chi connectivity index (χ1n) is 6.86. The number of nitrogens with zero attached hydrogens (tertiary/aromatic N) is 1. The Morgan fingerprint density at radius 3 is 2.48 bits per heavy atom. The van der Waals surface area contributed by atoms with E-state index in [-0.39, 0.29) is 0 Å². The number of hydrogen-bond donors (Lipinski definition) is 2. The van der Waals surface area contributed by atoms with Crippen molar-refractivity contribution in [3.05, 3.63) is 47.9 Å². The highest BCUT2D eigenvalue weighted by Gasteiger charge is 2.10. The maximum atomic E-state index is 9.01. The fraction of sp³-hybridized carbons (Fsp3) is 0.333. The van der Waals surface area contributed by atoms with E-state index in [1.807, 2.05) is 20.0 Å². The van der Waals surface area contributed by atoms with Gasteiger partial charge in [-0.2, -0.15) is 0 Å². The highest BCUT2D eigenvalue weighted by molar-refractivity contribution is 6.58. The molecule has 0 aliphatic rings. The van der Waals surface area contributed by atoms with E-state index in [2.05, 4.69) is 4.90 Å². The highest BCUT2D eigenvalue weighted by Crippen LogP contribution is 2.11. The van der Waals surface area contributed by atoms with Gasteiger partial charge < -0.3 is 19.2 Å². The van der Waals surface area contributed by atoms with Crippen LogP contribution in [0.15, 0.2) is 41.0 Å². The molecular formula is C15H20BNO4. The third kappa shape index (κ3) is 4.63. The van der Waals surface area contributed by atoms with Gasteiger partial charge in [-0.05, 0) is 37.6 Å². The van der Waals surface area contributed by atoms with Gasteiger partial charge in [-0.1, -0.05) is 12.1 Å². The van der Waals surface area contributed by atoms with Crippen molar-refractivity contribution in [1.82, 2.24) is 4.90 Å². The molecule has 0 aliphatic carbocycles. The summed E-state index contributed by atoms with van der Waals surface area (Å²) in [5.41, 5.74) is 1.63. The first kappa shape index (κ1) is 15.6. The maximum Gasteiger partial charge on any atom is 0.488 e. The molecule has 1 aromatic carbocycles. The minimum atomic E-state index is -1.44. The van der Waals surface area contributed by atoms with Crippen LogP contribution in [0.3, 0.4) is 0 Å². The number of benzene rings is 1. The van der Waals surface area contributed by atoms with Crippen LogP contribution in [0, 0.1) is 6.92 Å². The van der Waals surface area contributed by atoms with Gasteiger partial charge in [-0.3, -0.25) is 4.90 Å². The zero-order valence-corrected chi connectivity index (χ0v) is 12.3. The van der Waals surface area contributed by atoms with Crippen molar-refractivity contribution < 1.29 is 19.2 Å². The number of aryl methyl sites for hydroxylation is 1. The summed E-state index contributed by atoms with van der Waals surface area (Å²) in [7, 11) is 0.587. The van der Waals surface area contributed by atoms with Crippen molar-refractivity contribution in [2.24, 2.45) is 0 Å². The van der Waals surface area contributed by atoms with Gasteiger partial charge in [0.25, 0.3) is 0 Å². The molecule has 2 N–H and O–H groups in total. The molecule has 0 radical (unpaired) electrons. The fourth-order valence-electron chi connectivity index (χ4n) is 2.00. The first-order chi connectivity index (χ1) is 10.1. The van der Waals surface area contributed by atoms with Crippen LogP contribution >= 0.6 is 0 Å².